The number of thioether (sulfide) groups is 1. The van der Waals surface area contributed by atoms with Crippen LogP contribution in [-0.4, -0.2) is 10.7 Å². The lowest BCUT2D eigenvalue weighted by Crippen LogP contribution is -2.08. The van der Waals surface area contributed by atoms with Crippen LogP contribution in [0.5, 0.6) is 0 Å². The molecule has 2 nitrogen and oxygen atoms in total. The van der Waals surface area contributed by atoms with E-state index >= 15 is 0 Å². The molecule has 0 aliphatic rings. The predicted molar refractivity (Wildman–Crippen MR) is 74.5 cm³/mol. The van der Waals surface area contributed by atoms with Crippen molar-refractivity contribution in [2.24, 2.45) is 0 Å². The van der Waals surface area contributed by atoms with Crippen molar-refractivity contribution in [3.63, 3.8) is 0 Å². The van der Waals surface area contributed by atoms with Crippen LogP contribution >= 0.6 is 11.8 Å². The van der Waals surface area contributed by atoms with Gasteiger partial charge in [0.1, 0.15) is 5.82 Å². The molecule has 1 heterocycles. The Labute approximate surface area is 119 Å². The smallest absolute Gasteiger partial charge is 0.288 e. The van der Waals surface area contributed by atoms with Gasteiger partial charge in [-0.2, -0.15) is 8.78 Å². The maximum Gasteiger partial charge on any atom is 0.288 e. The van der Waals surface area contributed by atoms with Crippen molar-refractivity contribution < 1.29 is 13.2 Å². The van der Waals surface area contributed by atoms with Crippen LogP contribution < -0.4 is 5.32 Å². The highest BCUT2D eigenvalue weighted by molar-refractivity contribution is 7.99. The van der Waals surface area contributed by atoms with Crippen LogP contribution in [0, 0.1) is 5.82 Å². The molecule has 0 saturated heterocycles. The summed E-state index contributed by atoms with van der Waals surface area (Å²) in [6.07, 6.45) is 1.16. The van der Waals surface area contributed by atoms with E-state index in [0.717, 1.165) is 11.9 Å². The number of nitrogens with one attached hydrogen (secondary N) is 1. The van der Waals surface area contributed by atoms with Crippen LogP contribution in [0.3, 0.4) is 0 Å². The molecule has 0 aliphatic carbocycles. The number of halogens is 3. The van der Waals surface area contributed by atoms with E-state index in [-0.39, 0.29) is 11.9 Å². The topological polar surface area (TPSA) is 24.9 Å². The summed E-state index contributed by atoms with van der Waals surface area (Å²) in [5, 5.41) is 3.18. The van der Waals surface area contributed by atoms with Gasteiger partial charge in [-0.1, -0.05) is 11.8 Å². The number of hydrogen-bond donors (Lipinski definition) is 1. The van der Waals surface area contributed by atoms with E-state index in [9.17, 15) is 13.2 Å². The largest absolute Gasteiger partial charge is 0.377 e. The highest BCUT2D eigenvalue weighted by Gasteiger charge is 2.08. The summed E-state index contributed by atoms with van der Waals surface area (Å²) < 4.78 is 37.2. The molecule has 0 spiro atoms. The van der Waals surface area contributed by atoms with Crippen LogP contribution in [0.1, 0.15) is 18.7 Å². The van der Waals surface area contributed by atoms with Crippen LogP contribution in [-0.2, 0) is 0 Å². The molecule has 0 fully saturated rings. The van der Waals surface area contributed by atoms with Crippen LogP contribution in [0.2, 0.25) is 0 Å². The second-order valence-electron chi connectivity index (χ2n) is 4.17. The van der Waals surface area contributed by atoms with Gasteiger partial charge in [-0.25, -0.2) is 4.39 Å². The molecule has 1 unspecified atom stereocenters. The standard InChI is InChI=1S/C14H13F3N2S/c1-9(13-7-2-10(15)8-18-13)19-11-3-5-12(6-4-11)20-14(16)17/h2-9,14,19H,1H3. The van der Waals surface area contributed by atoms with Crippen LogP contribution in [0.4, 0.5) is 18.9 Å². The normalized spacial score (nSPS) is 12.4. The molecule has 6 heteroatoms. The van der Waals surface area contributed by atoms with E-state index in [4.69, 9.17) is 0 Å². The fraction of sp³-hybridized carbons (Fsp3) is 0.214. The molecular formula is C14H13F3N2S. The first-order valence-electron chi connectivity index (χ1n) is 5.97. The fourth-order valence-corrected chi connectivity index (χ4v) is 2.20. The van der Waals surface area contributed by atoms with Crippen molar-refractivity contribution in [3.8, 4) is 0 Å². The number of hydrogen-bond acceptors (Lipinski definition) is 3. The number of alkyl halides is 2. The van der Waals surface area contributed by atoms with Crippen LogP contribution in [0.15, 0.2) is 47.5 Å². The van der Waals surface area contributed by atoms with E-state index in [1.165, 1.54) is 6.07 Å². The molecule has 0 saturated carbocycles. The molecule has 0 bridgehead atoms. The summed E-state index contributed by atoms with van der Waals surface area (Å²) in [6, 6.07) is 9.56. The van der Waals surface area contributed by atoms with E-state index < -0.39 is 5.76 Å². The number of rotatable bonds is 5. The van der Waals surface area contributed by atoms with Gasteiger partial charge in [0.25, 0.3) is 5.76 Å². The Morgan fingerprint density at radius 1 is 1.10 bits per heavy atom. The number of anilines is 1. The predicted octanol–water partition coefficient (Wildman–Crippen LogP) is 4.71. The lowest BCUT2D eigenvalue weighted by molar-refractivity contribution is 0.252. The Morgan fingerprint density at radius 2 is 1.80 bits per heavy atom. The summed E-state index contributed by atoms with van der Waals surface area (Å²) in [5.74, 6) is -2.80. The molecule has 2 rings (SSSR count). The molecule has 20 heavy (non-hydrogen) atoms. The van der Waals surface area contributed by atoms with Crippen molar-refractivity contribution in [1.82, 2.24) is 4.98 Å². The van der Waals surface area contributed by atoms with Gasteiger partial charge in [0.15, 0.2) is 0 Å². The van der Waals surface area contributed by atoms with Crippen molar-refractivity contribution in [2.75, 3.05) is 5.32 Å². The molecule has 106 valence electrons. The van der Waals surface area contributed by atoms with Crippen molar-refractivity contribution >= 4 is 17.4 Å². The highest BCUT2D eigenvalue weighted by Crippen LogP contribution is 2.27. The average molecular weight is 298 g/mol. The third kappa shape index (κ3) is 4.16. The minimum absolute atomic E-state index is 0.107. The zero-order valence-electron chi connectivity index (χ0n) is 10.7. The maximum atomic E-state index is 12.8. The molecule has 1 atom stereocenters. The van der Waals surface area contributed by atoms with Gasteiger partial charge >= 0.3 is 0 Å². The van der Waals surface area contributed by atoms with Gasteiger partial charge in [0.05, 0.1) is 17.9 Å². The first-order chi connectivity index (χ1) is 9.54. The van der Waals surface area contributed by atoms with Crippen LogP contribution in [0.25, 0.3) is 0 Å². The fourth-order valence-electron chi connectivity index (χ4n) is 1.70. The van der Waals surface area contributed by atoms with Gasteiger partial charge in [0, 0.05) is 10.6 Å². The third-order valence-corrected chi connectivity index (χ3v) is 3.38. The number of benzene rings is 1. The molecular weight excluding hydrogens is 285 g/mol. The molecule has 1 aromatic heterocycles. The Balaban J connectivity index is 2.00. The zero-order chi connectivity index (χ0) is 14.5. The first-order valence-corrected chi connectivity index (χ1v) is 6.85. The molecule has 1 N–H and O–H groups in total. The second-order valence-corrected chi connectivity index (χ2v) is 5.23. The Morgan fingerprint density at radius 3 is 2.35 bits per heavy atom. The van der Waals surface area contributed by atoms with Gasteiger partial charge in [-0.3, -0.25) is 4.98 Å². The number of pyridine rings is 1. The van der Waals surface area contributed by atoms with E-state index in [0.29, 0.717) is 22.4 Å². The molecule has 0 amide bonds. The average Bonchev–Trinajstić information content (AvgIpc) is 2.41. The lowest BCUT2D eigenvalue weighted by atomic mass is 10.2. The van der Waals surface area contributed by atoms with E-state index in [2.05, 4.69) is 10.3 Å². The summed E-state index contributed by atoms with van der Waals surface area (Å²) in [4.78, 5) is 4.50. The van der Waals surface area contributed by atoms with Gasteiger partial charge in [0.2, 0.25) is 0 Å². The van der Waals surface area contributed by atoms with E-state index in [1.54, 1.807) is 30.3 Å². The first kappa shape index (κ1) is 14.7. The molecule has 0 aliphatic heterocycles. The summed E-state index contributed by atoms with van der Waals surface area (Å²) in [6.45, 7) is 1.89. The number of aromatic nitrogens is 1. The van der Waals surface area contributed by atoms with Gasteiger partial charge < -0.3 is 5.32 Å². The van der Waals surface area contributed by atoms with Crippen molar-refractivity contribution in [2.45, 2.75) is 23.6 Å². The monoisotopic (exact) mass is 298 g/mol. The molecule has 1 aromatic carbocycles. The van der Waals surface area contributed by atoms with Crippen molar-refractivity contribution in [3.05, 3.63) is 54.1 Å². The SMILES string of the molecule is CC(Nc1ccc(SC(F)F)cc1)c1ccc(F)cn1. The van der Waals surface area contributed by atoms with Crippen molar-refractivity contribution in [1.29, 1.82) is 0 Å². The van der Waals surface area contributed by atoms with E-state index in [1.807, 2.05) is 6.92 Å². The Bertz CT molecular complexity index is 543. The summed E-state index contributed by atoms with van der Waals surface area (Å²) >= 11 is 0.509. The summed E-state index contributed by atoms with van der Waals surface area (Å²) in [7, 11) is 0. The summed E-state index contributed by atoms with van der Waals surface area (Å²) in [5.41, 5.74) is 1.50. The lowest BCUT2D eigenvalue weighted by Gasteiger charge is -2.15. The zero-order valence-corrected chi connectivity index (χ0v) is 11.5. The van der Waals surface area contributed by atoms with Gasteiger partial charge in [-0.15, -0.1) is 0 Å². The quantitative estimate of drug-likeness (QED) is 0.809. The van der Waals surface area contributed by atoms with Gasteiger partial charge in [-0.05, 0) is 43.3 Å². The number of nitrogens with zero attached hydrogens (tertiary/aromatic N) is 1. The molecule has 2 aromatic rings. The molecule has 0 radical (unpaired) electrons. The minimum Gasteiger partial charge on any atom is -0.377 e. The maximum absolute atomic E-state index is 12.8. The third-order valence-electron chi connectivity index (χ3n) is 2.66. The highest BCUT2D eigenvalue weighted by atomic mass is 32.2. The minimum atomic E-state index is -2.42. The second kappa shape index (κ2) is 6.65. The Kier molecular flexibility index (Phi) is 4.89. The Hall–Kier alpha value is -1.69.